The van der Waals surface area contributed by atoms with Gasteiger partial charge in [-0.2, -0.15) is 11.3 Å². The molecule has 1 aliphatic carbocycles. The molecule has 0 aliphatic heterocycles. The summed E-state index contributed by atoms with van der Waals surface area (Å²) in [5.41, 5.74) is 1.65. The minimum absolute atomic E-state index is 0.0317. The Balaban J connectivity index is 2.00. The lowest BCUT2D eigenvalue weighted by Crippen LogP contribution is -2.25. The first-order valence-electron chi connectivity index (χ1n) is 6.12. The van der Waals surface area contributed by atoms with E-state index in [0.29, 0.717) is 5.56 Å². The fourth-order valence-corrected chi connectivity index (χ4v) is 3.89. The van der Waals surface area contributed by atoms with Crippen molar-refractivity contribution in [3.63, 3.8) is 0 Å². The zero-order valence-corrected chi connectivity index (χ0v) is 12.1. The molecule has 0 unspecified atom stereocenters. The average Bonchev–Trinajstić information content (AvgIpc) is 3.07. The lowest BCUT2D eigenvalue weighted by molar-refractivity contribution is 0.581. The number of sulfonamides is 1. The van der Waals surface area contributed by atoms with Gasteiger partial charge in [0.25, 0.3) is 0 Å². The molecule has 1 N–H and O–H groups in total. The first kappa shape index (κ1) is 13.4. The van der Waals surface area contributed by atoms with Crippen LogP contribution in [0.1, 0.15) is 12.8 Å². The van der Waals surface area contributed by atoms with Gasteiger partial charge in [0.15, 0.2) is 0 Å². The van der Waals surface area contributed by atoms with E-state index in [4.69, 9.17) is 0 Å². The Hall–Kier alpha value is -1.57. The zero-order valence-electron chi connectivity index (χ0n) is 10.4. The number of nitrogens with zero attached hydrogens (tertiary/aromatic N) is 1. The number of nitroso groups, excluding NO2 is 1. The predicted octanol–water partition coefficient (Wildman–Crippen LogP) is 3.25. The fraction of sp³-hybridized carbons (Fsp3) is 0.231. The predicted molar refractivity (Wildman–Crippen MR) is 78.6 cm³/mol. The van der Waals surface area contributed by atoms with Gasteiger partial charge in [-0.3, -0.25) is 0 Å². The molecule has 1 aromatic carbocycles. The quantitative estimate of drug-likeness (QED) is 0.861. The average molecular weight is 308 g/mol. The van der Waals surface area contributed by atoms with Crippen molar-refractivity contribution in [3.8, 4) is 11.1 Å². The van der Waals surface area contributed by atoms with E-state index in [2.05, 4.69) is 9.90 Å². The molecule has 0 saturated heterocycles. The van der Waals surface area contributed by atoms with E-state index in [9.17, 15) is 13.3 Å². The molecule has 20 heavy (non-hydrogen) atoms. The van der Waals surface area contributed by atoms with Crippen LogP contribution in [0.25, 0.3) is 11.1 Å². The molecule has 7 heteroatoms. The van der Waals surface area contributed by atoms with E-state index < -0.39 is 10.0 Å². The van der Waals surface area contributed by atoms with Crippen molar-refractivity contribution in [1.82, 2.24) is 4.72 Å². The summed E-state index contributed by atoms with van der Waals surface area (Å²) < 4.78 is 26.8. The summed E-state index contributed by atoms with van der Waals surface area (Å²) in [5, 5.41) is 6.74. The fourth-order valence-electron chi connectivity index (χ4n) is 1.90. The number of nitrogens with one attached hydrogen (secondary N) is 1. The third kappa shape index (κ3) is 2.65. The Morgan fingerprint density at radius 3 is 2.65 bits per heavy atom. The maximum Gasteiger partial charge on any atom is 0.240 e. The number of hydrogen-bond donors (Lipinski definition) is 1. The Labute approximate surface area is 120 Å². The van der Waals surface area contributed by atoms with Crippen molar-refractivity contribution < 1.29 is 8.42 Å². The zero-order chi connectivity index (χ0) is 14.2. The standard InChI is InChI=1S/C13H12N2O3S2/c16-14-13-7-11(20(17,18)15-10-1-2-10)3-4-12(13)9-5-6-19-8-9/h3-8,10,15H,1-2H2. The Kier molecular flexibility index (Phi) is 3.41. The summed E-state index contributed by atoms with van der Waals surface area (Å²) in [6.45, 7) is 0. The number of rotatable bonds is 5. The molecule has 104 valence electrons. The van der Waals surface area contributed by atoms with E-state index in [1.165, 1.54) is 23.5 Å². The summed E-state index contributed by atoms with van der Waals surface area (Å²) in [5.74, 6) is 0. The van der Waals surface area contributed by atoms with E-state index in [1.54, 1.807) is 6.07 Å². The first-order valence-corrected chi connectivity index (χ1v) is 8.55. The van der Waals surface area contributed by atoms with Gasteiger partial charge >= 0.3 is 0 Å². The number of benzene rings is 1. The van der Waals surface area contributed by atoms with Crippen molar-refractivity contribution >= 4 is 27.0 Å². The Morgan fingerprint density at radius 1 is 1.25 bits per heavy atom. The molecule has 0 spiro atoms. The summed E-state index contributed by atoms with van der Waals surface area (Å²) in [4.78, 5) is 11.1. The van der Waals surface area contributed by atoms with Crippen LogP contribution in [0.2, 0.25) is 0 Å². The smallest absolute Gasteiger partial charge is 0.208 e. The van der Waals surface area contributed by atoms with Crippen LogP contribution in [0, 0.1) is 4.91 Å². The second-order valence-electron chi connectivity index (χ2n) is 4.68. The van der Waals surface area contributed by atoms with Gasteiger partial charge in [-0.05, 0) is 52.5 Å². The molecule has 0 amide bonds. The molecule has 5 nitrogen and oxygen atoms in total. The van der Waals surface area contributed by atoms with Gasteiger partial charge in [-0.1, -0.05) is 6.07 Å². The number of thiophene rings is 1. The van der Waals surface area contributed by atoms with Crippen LogP contribution in [0.4, 0.5) is 5.69 Å². The van der Waals surface area contributed by atoms with Gasteiger partial charge in [0.2, 0.25) is 10.0 Å². The van der Waals surface area contributed by atoms with Gasteiger partial charge in [-0.25, -0.2) is 13.1 Å². The third-order valence-corrected chi connectivity index (χ3v) is 5.31. The summed E-state index contributed by atoms with van der Waals surface area (Å²) in [6.07, 6.45) is 1.73. The molecule has 0 bridgehead atoms. The lowest BCUT2D eigenvalue weighted by atomic mass is 10.1. The highest BCUT2D eigenvalue weighted by Crippen LogP contribution is 2.34. The van der Waals surface area contributed by atoms with Gasteiger partial charge in [0.1, 0.15) is 5.69 Å². The highest BCUT2D eigenvalue weighted by Gasteiger charge is 2.28. The van der Waals surface area contributed by atoms with Crippen molar-refractivity contribution in [2.75, 3.05) is 0 Å². The molecular formula is C13H12N2O3S2. The Morgan fingerprint density at radius 2 is 2.05 bits per heavy atom. The largest absolute Gasteiger partial charge is 0.240 e. The van der Waals surface area contributed by atoms with Gasteiger partial charge in [-0.15, -0.1) is 4.91 Å². The SMILES string of the molecule is O=Nc1cc(S(=O)(=O)NC2CC2)ccc1-c1ccsc1. The van der Waals surface area contributed by atoms with E-state index in [-0.39, 0.29) is 16.6 Å². The summed E-state index contributed by atoms with van der Waals surface area (Å²) >= 11 is 1.51. The topological polar surface area (TPSA) is 75.6 Å². The Bertz CT molecular complexity index is 735. The van der Waals surface area contributed by atoms with Crippen molar-refractivity contribution in [2.24, 2.45) is 5.18 Å². The highest BCUT2D eigenvalue weighted by molar-refractivity contribution is 7.89. The minimum Gasteiger partial charge on any atom is -0.208 e. The summed E-state index contributed by atoms with van der Waals surface area (Å²) in [6, 6.07) is 6.35. The van der Waals surface area contributed by atoms with Crippen LogP contribution in [0.3, 0.4) is 0 Å². The molecule has 1 saturated carbocycles. The molecule has 1 fully saturated rings. The molecule has 0 radical (unpaired) electrons. The van der Waals surface area contributed by atoms with Crippen LogP contribution in [-0.2, 0) is 10.0 Å². The normalized spacial score (nSPS) is 15.2. The van der Waals surface area contributed by atoms with E-state index >= 15 is 0 Å². The second-order valence-corrected chi connectivity index (χ2v) is 7.17. The monoisotopic (exact) mass is 308 g/mol. The van der Waals surface area contributed by atoms with Gasteiger partial charge < -0.3 is 0 Å². The molecular weight excluding hydrogens is 296 g/mol. The van der Waals surface area contributed by atoms with Crippen molar-refractivity contribution in [1.29, 1.82) is 0 Å². The van der Waals surface area contributed by atoms with E-state index in [1.807, 2.05) is 16.8 Å². The maximum absolute atomic E-state index is 12.1. The van der Waals surface area contributed by atoms with Crippen molar-refractivity contribution in [3.05, 3.63) is 39.9 Å². The molecule has 3 rings (SSSR count). The second kappa shape index (κ2) is 5.08. The molecule has 0 atom stereocenters. The summed E-state index contributed by atoms with van der Waals surface area (Å²) in [7, 11) is -3.56. The molecule has 1 aliphatic rings. The van der Waals surface area contributed by atoms with Crippen LogP contribution >= 0.6 is 11.3 Å². The van der Waals surface area contributed by atoms with Gasteiger partial charge in [0, 0.05) is 11.6 Å². The van der Waals surface area contributed by atoms with Gasteiger partial charge in [0.05, 0.1) is 4.90 Å². The van der Waals surface area contributed by atoms with Crippen LogP contribution < -0.4 is 4.72 Å². The first-order chi connectivity index (χ1) is 9.60. The minimum atomic E-state index is -3.56. The third-order valence-electron chi connectivity index (χ3n) is 3.11. The van der Waals surface area contributed by atoms with Crippen LogP contribution in [0.5, 0.6) is 0 Å². The number of hydrogen-bond acceptors (Lipinski definition) is 5. The lowest BCUT2D eigenvalue weighted by Gasteiger charge is -2.08. The van der Waals surface area contributed by atoms with Crippen LogP contribution in [-0.4, -0.2) is 14.5 Å². The molecule has 1 aromatic heterocycles. The molecule has 1 heterocycles. The highest BCUT2D eigenvalue weighted by atomic mass is 32.2. The molecule has 2 aromatic rings. The van der Waals surface area contributed by atoms with Crippen LogP contribution in [0.15, 0.2) is 45.1 Å². The van der Waals surface area contributed by atoms with Crippen molar-refractivity contribution in [2.45, 2.75) is 23.8 Å². The van der Waals surface area contributed by atoms with E-state index in [0.717, 1.165) is 18.4 Å². The maximum atomic E-state index is 12.1.